The van der Waals surface area contributed by atoms with E-state index in [0.717, 1.165) is 30.4 Å². The van der Waals surface area contributed by atoms with Crippen molar-refractivity contribution in [2.24, 2.45) is 0 Å². The molecule has 0 heterocycles. The van der Waals surface area contributed by atoms with Crippen LogP contribution in [0.1, 0.15) is 65.0 Å². The molecule has 0 unspecified atom stereocenters. The minimum Gasteiger partial charge on any atom is -0.478 e. The quantitative estimate of drug-likeness (QED) is 0.334. The lowest BCUT2D eigenvalue weighted by molar-refractivity contribution is 0.0579. The summed E-state index contributed by atoms with van der Waals surface area (Å²) in [6.45, 7) is 4.40. The molecule has 2 aromatic rings. The van der Waals surface area contributed by atoms with Crippen LogP contribution in [0.3, 0.4) is 0 Å². The van der Waals surface area contributed by atoms with Crippen LogP contribution >= 0.6 is 11.6 Å². The number of carbonyl (C=O) groups is 3. The maximum Gasteiger partial charge on any atom is 0.508 e. The Morgan fingerprint density at radius 1 is 0.875 bits per heavy atom. The van der Waals surface area contributed by atoms with Gasteiger partial charge < -0.3 is 19.7 Å². The van der Waals surface area contributed by atoms with Gasteiger partial charge in [0, 0.05) is 5.02 Å². The first-order chi connectivity index (χ1) is 15.3. The molecule has 8 heteroatoms. The van der Waals surface area contributed by atoms with E-state index < -0.39 is 18.1 Å². The molecule has 2 N–H and O–H groups in total. The van der Waals surface area contributed by atoms with E-state index in [4.69, 9.17) is 21.4 Å². The number of rotatable bonds is 10. The lowest BCUT2D eigenvalue weighted by atomic mass is 9.97. The van der Waals surface area contributed by atoms with Crippen LogP contribution in [0.2, 0.25) is 5.02 Å². The molecule has 0 amide bonds. The highest BCUT2D eigenvalue weighted by Gasteiger charge is 2.11. The summed E-state index contributed by atoms with van der Waals surface area (Å²) in [7, 11) is 0. The van der Waals surface area contributed by atoms with Crippen LogP contribution in [0.15, 0.2) is 42.5 Å². The lowest BCUT2D eigenvalue weighted by Crippen LogP contribution is -2.08. The molecule has 0 saturated carbocycles. The van der Waals surface area contributed by atoms with Gasteiger partial charge in [0.2, 0.25) is 0 Å². The summed E-state index contributed by atoms with van der Waals surface area (Å²) in [5.41, 5.74) is 2.61. The summed E-state index contributed by atoms with van der Waals surface area (Å²) < 4.78 is 9.54. The molecule has 0 atom stereocenters. The zero-order chi connectivity index (χ0) is 23.9. The van der Waals surface area contributed by atoms with Gasteiger partial charge in [0.05, 0.1) is 24.3 Å². The highest BCUT2D eigenvalue weighted by molar-refractivity contribution is 6.30. The van der Waals surface area contributed by atoms with Gasteiger partial charge in [-0.3, -0.25) is 0 Å². The summed E-state index contributed by atoms with van der Waals surface area (Å²) in [6.07, 6.45) is 3.41. The number of benzene rings is 2. The molecule has 0 saturated heterocycles. The minimum absolute atomic E-state index is 0.254. The number of carboxylic acids is 2. The van der Waals surface area contributed by atoms with Gasteiger partial charge in [-0.1, -0.05) is 37.1 Å². The van der Waals surface area contributed by atoms with Crippen molar-refractivity contribution in [1.29, 1.82) is 0 Å². The van der Waals surface area contributed by atoms with Crippen LogP contribution in [0.4, 0.5) is 4.79 Å². The minimum atomic E-state index is -0.934. The van der Waals surface area contributed by atoms with Crippen LogP contribution in [0.25, 0.3) is 0 Å². The van der Waals surface area contributed by atoms with Crippen molar-refractivity contribution in [1.82, 2.24) is 0 Å². The van der Waals surface area contributed by atoms with E-state index in [0.29, 0.717) is 30.0 Å². The van der Waals surface area contributed by atoms with Crippen LogP contribution in [0, 0.1) is 0 Å². The molecule has 0 aliphatic carbocycles. The van der Waals surface area contributed by atoms with Gasteiger partial charge in [-0.2, -0.15) is 0 Å². The van der Waals surface area contributed by atoms with Gasteiger partial charge in [-0.15, -0.1) is 0 Å². The summed E-state index contributed by atoms with van der Waals surface area (Å²) in [4.78, 5) is 32.5. The fraction of sp³-hybridized carbons (Fsp3) is 0.375. The molecule has 2 aromatic carbocycles. The number of aryl methyl sites for hydroxylation is 2. The van der Waals surface area contributed by atoms with Crippen molar-refractivity contribution in [3.05, 3.63) is 69.7 Å². The van der Waals surface area contributed by atoms with Crippen molar-refractivity contribution in [3.8, 4) is 0 Å². The third-order valence-corrected chi connectivity index (χ3v) is 4.60. The Labute approximate surface area is 192 Å². The molecule has 0 radical (unpaired) electrons. The second-order valence-electron chi connectivity index (χ2n) is 6.85. The third kappa shape index (κ3) is 10.3. The number of hydrogen-bond donors (Lipinski definition) is 2. The largest absolute Gasteiger partial charge is 0.508 e. The number of hydrogen-bond acceptors (Lipinski definition) is 5. The number of aromatic carboxylic acids is 2. The lowest BCUT2D eigenvalue weighted by Gasteiger charge is -2.09. The van der Waals surface area contributed by atoms with E-state index in [1.54, 1.807) is 25.1 Å². The van der Waals surface area contributed by atoms with Gasteiger partial charge in [-0.05, 0) is 74.1 Å². The van der Waals surface area contributed by atoms with Crippen LogP contribution < -0.4 is 0 Å². The Morgan fingerprint density at radius 2 is 1.56 bits per heavy atom. The maximum absolute atomic E-state index is 11.3. The van der Waals surface area contributed by atoms with E-state index >= 15 is 0 Å². The van der Waals surface area contributed by atoms with E-state index in [9.17, 15) is 19.5 Å². The van der Waals surface area contributed by atoms with E-state index in [1.807, 2.05) is 12.1 Å². The molecule has 0 aliphatic heterocycles. The van der Waals surface area contributed by atoms with E-state index in [2.05, 4.69) is 11.7 Å². The molecule has 7 nitrogen and oxygen atoms in total. The van der Waals surface area contributed by atoms with E-state index in [-0.39, 0.29) is 12.2 Å². The van der Waals surface area contributed by atoms with Gasteiger partial charge in [-0.25, -0.2) is 14.4 Å². The van der Waals surface area contributed by atoms with Gasteiger partial charge in [0.15, 0.2) is 0 Å². The molecule has 174 valence electrons. The van der Waals surface area contributed by atoms with Crippen molar-refractivity contribution in [2.75, 3.05) is 13.2 Å². The summed E-state index contributed by atoms with van der Waals surface area (Å²) in [5, 5.41) is 18.2. The smallest absolute Gasteiger partial charge is 0.478 e. The molecule has 0 fully saturated rings. The summed E-state index contributed by atoms with van der Waals surface area (Å²) in [6, 6.07) is 11.5. The molecule has 0 bridgehead atoms. The number of unbranched alkanes of at least 4 members (excludes halogenated alkanes) is 1. The molecule has 0 aliphatic rings. The topological polar surface area (TPSA) is 110 Å². The Bertz CT molecular complexity index is 878. The van der Waals surface area contributed by atoms with Crippen molar-refractivity contribution in [2.45, 2.75) is 46.0 Å². The second-order valence-corrected chi connectivity index (χ2v) is 7.28. The highest BCUT2D eigenvalue weighted by atomic mass is 35.5. The Hall–Kier alpha value is -3.06. The number of carboxylic acid groups (broad SMARTS) is 2. The standard InChI is InChI=1S/C17H24O5.C7H5ClO2/c1-3-7-13-9-10-15(16(18)19)14(12-13)8-5-6-11-22-17(20)21-4-2;8-6-3-1-5(2-4-6)7(9)10/h9-10,12H,3-8,11H2,1-2H3,(H,18,19);1-4H,(H,9,10). The fourth-order valence-electron chi connectivity index (χ4n) is 2.83. The number of halogens is 1. The predicted octanol–water partition coefficient (Wildman–Crippen LogP) is 5.87. The Morgan fingerprint density at radius 3 is 2.12 bits per heavy atom. The number of carbonyl (C=O) groups excluding carboxylic acids is 1. The first kappa shape index (κ1) is 27.0. The fourth-order valence-corrected chi connectivity index (χ4v) is 2.96. The van der Waals surface area contributed by atoms with E-state index in [1.165, 1.54) is 12.1 Å². The molecule has 2 rings (SSSR count). The van der Waals surface area contributed by atoms with Crippen LogP contribution in [0.5, 0.6) is 0 Å². The maximum atomic E-state index is 11.3. The average molecular weight is 465 g/mol. The van der Waals surface area contributed by atoms with Crippen molar-refractivity contribution in [3.63, 3.8) is 0 Å². The summed E-state index contributed by atoms with van der Waals surface area (Å²) in [5.74, 6) is -1.84. The highest BCUT2D eigenvalue weighted by Crippen LogP contribution is 2.16. The van der Waals surface area contributed by atoms with Crippen molar-refractivity contribution < 1.29 is 34.1 Å². The molecule has 0 spiro atoms. The first-order valence-corrected chi connectivity index (χ1v) is 10.8. The summed E-state index contributed by atoms with van der Waals surface area (Å²) >= 11 is 5.52. The number of ether oxygens (including phenoxy) is 2. The first-order valence-electron chi connectivity index (χ1n) is 10.4. The normalized spacial score (nSPS) is 9.97. The third-order valence-electron chi connectivity index (χ3n) is 4.35. The Kier molecular flexibility index (Phi) is 12.5. The molecule has 0 aromatic heterocycles. The van der Waals surface area contributed by atoms with Crippen molar-refractivity contribution >= 4 is 29.7 Å². The Balaban J connectivity index is 0.000000425. The van der Waals surface area contributed by atoms with Gasteiger partial charge in [0.1, 0.15) is 0 Å². The zero-order valence-corrected chi connectivity index (χ0v) is 19.1. The predicted molar refractivity (Wildman–Crippen MR) is 122 cm³/mol. The molecular formula is C24H29ClO7. The monoisotopic (exact) mass is 464 g/mol. The SMILES string of the molecule is CCCc1ccc(C(=O)O)c(CCCCOC(=O)OCC)c1.O=C(O)c1ccc(Cl)cc1. The van der Waals surface area contributed by atoms with Gasteiger partial charge in [0.25, 0.3) is 0 Å². The average Bonchev–Trinajstić information content (AvgIpc) is 2.74. The molecule has 32 heavy (non-hydrogen) atoms. The van der Waals surface area contributed by atoms with Crippen LogP contribution in [-0.2, 0) is 22.3 Å². The second kappa shape index (κ2) is 14.9. The zero-order valence-electron chi connectivity index (χ0n) is 18.3. The van der Waals surface area contributed by atoms with Crippen LogP contribution in [-0.4, -0.2) is 41.5 Å². The molecular weight excluding hydrogens is 436 g/mol. The van der Waals surface area contributed by atoms with Gasteiger partial charge >= 0.3 is 18.1 Å².